The molecule has 96 valence electrons. The number of halogens is 2. The van der Waals surface area contributed by atoms with E-state index in [9.17, 15) is 8.78 Å². The average molecular weight is 251 g/mol. The van der Waals surface area contributed by atoms with Crippen LogP contribution in [0.2, 0.25) is 0 Å². The smallest absolute Gasteiger partial charge is 0.164 e. The van der Waals surface area contributed by atoms with Crippen molar-refractivity contribution < 1.29 is 13.2 Å². The molecule has 1 aromatic carbocycles. The number of hydrogen-bond acceptors (Lipinski definition) is 2. The lowest BCUT2D eigenvalue weighted by molar-refractivity contribution is 0.418. The Kier molecular flexibility index (Phi) is 3.77. The molecule has 1 heterocycles. The standard InChI is InChI=1S/C14H15F2NO/c1-3-17-14(12-8-7-9(2)18-12)10-5-4-6-11(15)13(10)16/h4-8,14,17H,3H2,1-2H3. The third-order valence-electron chi connectivity index (χ3n) is 2.75. The summed E-state index contributed by atoms with van der Waals surface area (Å²) in [7, 11) is 0. The van der Waals surface area contributed by atoms with Gasteiger partial charge in [0.1, 0.15) is 11.5 Å². The number of nitrogens with one attached hydrogen (secondary N) is 1. The van der Waals surface area contributed by atoms with Crippen molar-refractivity contribution in [2.24, 2.45) is 0 Å². The first-order valence-corrected chi connectivity index (χ1v) is 5.87. The first-order chi connectivity index (χ1) is 8.63. The van der Waals surface area contributed by atoms with E-state index in [0.29, 0.717) is 12.3 Å². The van der Waals surface area contributed by atoms with Gasteiger partial charge in [-0.3, -0.25) is 0 Å². The summed E-state index contributed by atoms with van der Waals surface area (Å²) in [6.45, 7) is 4.34. The second-order valence-electron chi connectivity index (χ2n) is 4.08. The Bertz CT molecular complexity index is 536. The Labute approximate surface area is 105 Å². The zero-order valence-electron chi connectivity index (χ0n) is 10.3. The molecular formula is C14H15F2NO. The van der Waals surface area contributed by atoms with Gasteiger partial charge in [0.05, 0.1) is 6.04 Å². The van der Waals surface area contributed by atoms with E-state index in [-0.39, 0.29) is 5.56 Å². The van der Waals surface area contributed by atoms with Crippen LogP contribution < -0.4 is 5.32 Å². The van der Waals surface area contributed by atoms with Gasteiger partial charge in [-0.05, 0) is 31.7 Å². The molecule has 1 unspecified atom stereocenters. The van der Waals surface area contributed by atoms with Crippen LogP contribution in [0.25, 0.3) is 0 Å². The largest absolute Gasteiger partial charge is 0.464 e. The highest BCUT2D eigenvalue weighted by Crippen LogP contribution is 2.26. The molecule has 0 aliphatic heterocycles. The first kappa shape index (κ1) is 12.8. The summed E-state index contributed by atoms with van der Waals surface area (Å²) >= 11 is 0. The molecule has 1 atom stereocenters. The van der Waals surface area contributed by atoms with E-state index in [0.717, 1.165) is 11.8 Å². The highest BCUT2D eigenvalue weighted by molar-refractivity contribution is 5.29. The van der Waals surface area contributed by atoms with Crippen molar-refractivity contribution in [2.45, 2.75) is 19.9 Å². The van der Waals surface area contributed by atoms with Crippen LogP contribution in [0, 0.1) is 18.6 Å². The Morgan fingerprint density at radius 3 is 2.61 bits per heavy atom. The van der Waals surface area contributed by atoms with Crippen LogP contribution in [-0.4, -0.2) is 6.54 Å². The molecule has 0 radical (unpaired) electrons. The van der Waals surface area contributed by atoms with Crippen molar-refractivity contribution >= 4 is 0 Å². The SMILES string of the molecule is CCNC(c1ccc(C)o1)c1cccc(F)c1F. The topological polar surface area (TPSA) is 25.2 Å². The molecule has 0 aliphatic carbocycles. The van der Waals surface area contributed by atoms with Gasteiger partial charge in [-0.15, -0.1) is 0 Å². The molecule has 0 spiro atoms. The van der Waals surface area contributed by atoms with E-state index in [1.807, 2.05) is 13.8 Å². The molecule has 0 saturated carbocycles. The summed E-state index contributed by atoms with van der Waals surface area (Å²) in [5.41, 5.74) is 0.256. The van der Waals surface area contributed by atoms with Crippen LogP contribution in [0.4, 0.5) is 8.78 Å². The van der Waals surface area contributed by atoms with Gasteiger partial charge in [0.2, 0.25) is 0 Å². The molecular weight excluding hydrogens is 236 g/mol. The lowest BCUT2D eigenvalue weighted by Crippen LogP contribution is -2.22. The van der Waals surface area contributed by atoms with E-state index in [2.05, 4.69) is 5.32 Å². The Morgan fingerprint density at radius 2 is 2.00 bits per heavy atom. The molecule has 1 N–H and O–H groups in total. The fourth-order valence-corrected chi connectivity index (χ4v) is 1.92. The van der Waals surface area contributed by atoms with E-state index in [4.69, 9.17) is 4.42 Å². The molecule has 2 nitrogen and oxygen atoms in total. The molecule has 2 rings (SSSR count). The van der Waals surface area contributed by atoms with Gasteiger partial charge in [-0.25, -0.2) is 8.78 Å². The maximum Gasteiger partial charge on any atom is 0.164 e. The molecule has 1 aromatic heterocycles. The van der Waals surface area contributed by atoms with Gasteiger partial charge < -0.3 is 9.73 Å². The summed E-state index contributed by atoms with van der Waals surface area (Å²) < 4.78 is 32.6. The van der Waals surface area contributed by atoms with Gasteiger partial charge in [0.15, 0.2) is 11.6 Å². The Balaban J connectivity index is 2.44. The minimum atomic E-state index is -0.848. The van der Waals surface area contributed by atoms with Crippen molar-refractivity contribution in [3.8, 4) is 0 Å². The second-order valence-corrected chi connectivity index (χ2v) is 4.08. The molecule has 2 aromatic rings. The zero-order valence-corrected chi connectivity index (χ0v) is 10.3. The summed E-state index contributed by atoms with van der Waals surface area (Å²) in [4.78, 5) is 0. The quantitative estimate of drug-likeness (QED) is 0.898. The van der Waals surface area contributed by atoms with Crippen molar-refractivity contribution in [3.05, 3.63) is 59.1 Å². The van der Waals surface area contributed by atoms with Crippen molar-refractivity contribution in [3.63, 3.8) is 0 Å². The monoisotopic (exact) mass is 251 g/mol. The molecule has 0 bridgehead atoms. The number of benzene rings is 1. The molecule has 0 amide bonds. The highest BCUT2D eigenvalue weighted by Gasteiger charge is 2.21. The lowest BCUT2D eigenvalue weighted by atomic mass is 10.0. The predicted octanol–water partition coefficient (Wildman–Crippen LogP) is 3.57. The normalized spacial score (nSPS) is 12.7. The molecule has 0 fully saturated rings. The molecule has 18 heavy (non-hydrogen) atoms. The zero-order chi connectivity index (χ0) is 13.1. The molecule has 4 heteroatoms. The van der Waals surface area contributed by atoms with Crippen molar-refractivity contribution in [1.82, 2.24) is 5.32 Å². The number of hydrogen-bond donors (Lipinski definition) is 1. The van der Waals surface area contributed by atoms with Crippen molar-refractivity contribution in [2.75, 3.05) is 6.54 Å². The lowest BCUT2D eigenvalue weighted by Gasteiger charge is -2.16. The van der Waals surface area contributed by atoms with E-state index >= 15 is 0 Å². The van der Waals surface area contributed by atoms with E-state index < -0.39 is 17.7 Å². The van der Waals surface area contributed by atoms with Gasteiger partial charge in [0.25, 0.3) is 0 Å². The summed E-state index contributed by atoms with van der Waals surface area (Å²) in [5, 5.41) is 3.10. The van der Waals surface area contributed by atoms with Crippen LogP contribution in [0.5, 0.6) is 0 Å². The number of aryl methyl sites for hydroxylation is 1. The van der Waals surface area contributed by atoms with E-state index in [1.54, 1.807) is 18.2 Å². The second kappa shape index (κ2) is 5.31. The average Bonchev–Trinajstić information content (AvgIpc) is 2.77. The van der Waals surface area contributed by atoms with Crippen LogP contribution >= 0.6 is 0 Å². The van der Waals surface area contributed by atoms with Crippen molar-refractivity contribution in [1.29, 1.82) is 0 Å². The van der Waals surface area contributed by atoms with Gasteiger partial charge in [0, 0.05) is 5.56 Å². The number of furan rings is 1. The third kappa shape index (κ3) is 2.43. The summed E-state index contributed by atoms with van der Waals surface area (Å²) in [6, 6.07) is 7.26. The fraction of sp³-hybridized carbons (Fsp3) is 0.286. The first-order valence-electron chi connectivity index (χ1n) is 5.87. The van der Waals surface area contributed by atoms with Crippen LogP contribution in [0.15, 0.2) is 34.7 Å². The minimum Gasteiger partial charge on any atom is -0.464 e. The van der Waals surface area contributed by atoms with Crippen LogP contribution in [-0.2, 0) is 0 Å². The highest BCUT2D eigenvalue weighted by atomic mass is 19.2. The summed E-state index contributed by atoms with van der Waals surface area (Å²) in [6.07, 6.45) is 0. The molecule has 0 aliphatic rings. The maximum absolute atomic E-state index is 13.8. The Morgan fingerprint density at radius 1 is 1.22 bits per heavy atom. The van der Waals surface area contributed by atoms with Gasteiger partial charge in [-0.2, -0.15) is 0 Å². The third-order valence-corrected chi connectivity index (χ3v) is 2.75. The van der Waals surface area contributed by atoms with E-state index in [1.165, 1.54) is 6.07 Å². The fourth-order valence-electron chi connectivity index (χ4n) is 1.92. The summed E-state index contributed by atoms with van der Waals surface area (Å²) in [5.74, 6) is -0.361. The maximum atomic E-state index is 13.8. The number of rotatable bonds is 4. The van der Waals surface area contributed by atoms with Gasteiger partial charge in [-0.1, -0.05) is 19.1 Å². The van der Waals surface area contributed by atoms with Crippen LogP contribution in [0.1, 0.15) is 30.0 Å². The van der Waals surface area contributed by atoms with Crippen LogP contribution in [0.3, 0.4) is 0 Å². The predicted molar refractivity (Wildman–Crippen MR) is 65.3 cm³/mol. The molecule has 0 saturated heterocycles. The Hall–Kier alpha value is -1.68. The minimum absolute atomic E-state index is 0.256. The van der Waals surface area contributed by atoms with Gasteiger partial charge >= 0.3 is 0 Å².